The van der Waals surface area contributed by atoms with Crippen LogP contribution in [-0.2, 0) is 4.79 Å². The van der Waals surface area contributed by atoms with Crippen molar-refractivity contribution in [1.29, 1.82) is 0 Å². The van der Waals surface area contributed by atoms with Gasteiger partial charge >= 0.3 is 5.97 Å². The molecule has 5 heteroatoms. The summed E-state index contributed by atoms with van der Waals surface area (Å²) in [6.07, 6.45) is 4.68. The van der Waals surface area contributed by atoms with E-state index in [1.165, 1.54) is 6.08 Å². The van der Waals surface area contributed by atoms with E-state index in [1.54, 1.807) is 12.1 Å². The minimum Gasteiger partial charge on any atom is -0.493 e. The van der Waals surface area contributed by atoms with Crippen LogP contribution in [0.1, 0.15) is 32.3 Å². The Labute approximate surface area is 124 Å². The molecule has 0 fully saturated rings. The Bertz CT molecular complexity index is 532. The van der Waals surface area contributed by atoms with Gasteiger partial charge in [-0.2, -0.15) is 0 Å². The largest absolute Gasteiger partial charge is 0.493 e. The first-order valence-electron chi connectivity index (χ1n) is 7.11. The summed E-state index contributed by atoms with van der Waals surface area (Å²) in [4.78, 5) is 10.7. The van der Waals surface area contributed by atoms with Gasteiger partial charge in [0.15, 0.2) is 11.5 Å². The third kappa shape index (κ3) is 3.90. The molecule has 1 aliphatic rings. The molecule has 0 atom stereocenters. The third-order valence-corrected chi connectivity index (χ3v) is 3.54. The van der Waals surface area contributed by atoms with Gasteiger partial charge in [-0.1, -0.05) is 26.7 Å². The number of carbonyl (C=O) groups is 1. The van der Waals surface area contributed by atoms with Crippen LogP contribution in [0, 0.1) is 5.92 Å². The Morgan fingerprint density at radius 3 is 2.62 bits per heavy atom. The van der Waals surface area contributed by atoms with Crippen LogP contribution >= 0.6 is 0 Å². The first kappa shape index (κ1) is 15.2. The van der Waals surface area contributed by atoms with E-state index in [2.05, 4.69) is 13.8 Å². The quantitative estimate of drug-likeness (QED) is 0.781. The summed E-state index contributed by atoms with van der Waals surface area (Å²) >= 11 is 0. The molecule has 0 aromatic heterocycles. The summed E-state index contributed by atoms with van der Waals surface area (Å²) in [7, 11) is 0. The molecule has 0 amide bonds. The molecule has 0 unspecified atom stereocenters. The molecule has 1 heterocycles. The first-order valence-corrected chi connectivity index (χ1v) is 7.11. The van der Waals surface area contributed by atoms with Gasteiger partial charge in [0.25, 0.3) is 0 Å². The minimum absolute atomic E-state index is 0.174. The molecular weight excluding hydrogens is 272 g/mol. The second kappa shape index (κ2) is 7.02. The summed E-state index contributed by atoms with van der Waals surface area (Å²) in [6, 6.07) is 3.50. The van der Waals surface area contributed by atoms with E-state index < -0.39 is 5.97 Å². The Kier molecular flexibility index (Phi) is 5.09. The van der Waals surface area contributed by atoms with Crippen molar-refractivity contribution < 1.29 is 24.1 Å². The lowest BCUT2D eigenvalue weighted by atomic mass is 10.1. The number of carboxylic acid groups (broad SMARTS) is 1. The lowest BCUT2D eigenvalue weighted by molar-refractivity contribution is -0.131. The van der Waals surface area contributed by atoms with Crippen LogP contribution in [-0.4, -0.2) is 24.5 Å². The Morgan fingerprint density at radius 2 is 2.00 bits per heavy atom. The molecule has 1 aliphatic heterocycles. The standard InChI is InChI=1S/C16H20O5/c1-3-11(4-2)9-19-13-8-15-14(20-10-21-15)7-12(13)5-6-16(17)18/h5-8,11H,3-4,9-10H2,1-2H3,(H,17,18)/b6-5+. The smallest absolute Gasteiger partial charge is 0.328 e. The third-order valence-electron chi connectivity index (χ3n) is 3.54. The molecule has 0 radical (unpaired) electrons. The van der Waals surface area contributed by atoms with Crippen LogP contribution in [0.4, 0.5) is 0 Å². The maximum Gasteiger partial charge on any atom is 0.328 e. The van der Waals surface area contributed by atoms with Crippen LogP contribution in [0.5, 0.6) is 17.2 Å². The zero-order chi connectivity index (χ0) is 15.2. The predicted molar refractivity (Wildman–Crippen MR) is 78.8 cm³/mol. The average molecular weight is 292 g/mol. The van der Waals surface area contributed by atoms with Gasteiger partial charge in [0.05, 0.1) is 6.61 Å². The van der Waals surface area contributed by atoms with Crippen molar-refractivity contribution in [2.24, 2.45) is 5.92 Å². The highest BCUT2D eigenvalue weighted by molar-refractivity contribution is 5.86. The fraction of sp³-hybridized carbons (Fsp3) is 0.438. The Morgan fingerprint density at radius 1 is 1.33 bits per heavy atom. The highest BCUT2D eigenvalue weighted by Crippen LogP contribution is 2.39. The Hall–Kier alpha value is -2.17. The zero-order valence-corrected chi connectivity index (χ0v) is 12.3. The highest BCUT2D eigenvalue weighted by Gasteiger charge is 2.18. The second-order valence-electron chi connectivity index (χ2n) is 4.91. The highest BCUT2D eigenvalue weighted by atomic mass is 16.7. The number of rotatable bonds is 7. The van der Waals surface area contributed by atoms with Crippen molar-refractivity contribution in [1.82, 2.24) is 0 Å². The van der Waals surface area contributed by atoms with Gasteiger partial charge in [0.2, 0.25) is 6.79 Å². The van der Waals surface area contributed by atoms with Crippen molar-refractivity contribution in [3.8, 4) is 17.2 Å². The van der Waals surface area contributed by atoms with Crippen LogP contribution in [0.15, 0.2) is 18.2 Å². The lowest BCUT2D eigenvalue weighted by Crippen LogP contribution is -2.10. The van der Waals surface area contributed by atoms with Crippen LogP contribution in [0.3, 0.4) is 0 Å². The molecular formula is C16H20O5. The molecule has 5 nitrogen and oxygen atoms in total. The van der Waals surface area contributed by atoms with Crippen LogP contribution in [0.2, 0.25) is 0 Å². The summed E-state index contributed by atoms with van der Waals surface area (Å²) < 4.78 is 16.5. The van der Waals surface area contributed by atoms with E-state index in [9.17, 15) is 4.79 Å². The van der Waals surface area contributed by atoms with E-state index in [1.807, 2.05) is 0 Å². The number of hydrogen-bond acceptors (Lipinski definition) is 4. The molecule has 0 spiro atoms. The maximum atomic E-state index is 10.7. The minimum atomic E-state index is -1.00. The summed E-state index contributed by atoms with van der Waals surface area (Å²) in [6.45, 7) is 5.03. The van der Waals surface area contributed by atoms with Gasteiger partial charge in [0, 0.05) is 17.7 Å². The predicted octanol–water partition coefficient (Wildman–Crippen LogP) is 3.33. The number of carboxylic acids is 1. The molecule has 0 saturated heterocycles. The molecule has 0 aliphatic carbocycles. The monoisotopic (exact) mass is 292 g/mol. The lowest BCUT2D eigenvalue weighted by Gasteiger charge is -2.15. The topological polar surface area (TPSA) is 65.0 Å². The second-order valence-corrected chi connectivity index (χ2v) is 4.91. The molecule has 114 valence electrons. The fourth-order valence-corrected chi connectivity index (χ4v) is 2.09. The zero-order valence-electron chi connectivity index (χ0n) is 12.3. The van der Waals surface area contributed by atoms with Gasteiger partial charge in [-0.3, -0.25) is 0 Å². The number of ether oxygens (including phenoxy) is 3. The van der Waals surface area contributed by atoms with E-state index in [0.29, 0.717) is 35.3 Å². The van der Waals surface area contributed by atoms with Gasteiger partial charge < -0.3 is 19.3 Å². The van der Waals surface area contributed by atoms with Crippen molar-refractivity contribution in [3.63, 3.8) is 0 Å². The van der Waals surface area contributed by atoms with E-state index in [0.717, 1.165) is 18.9 Å². The Balaban J connectivity index is 2.22. The van der Waals surface area contributed by atoms with Crippen molar-refractivity contribution in [2.75, 3.05) is 13.4 Å². The van der Waals surface area contributed by atoms with Gasteiger partial charge in [-0.05, 0) is 18.1 Å². The maximum absolute atomic E-state index is 10.7. The van der Waals surface area contributed by atoms with E-state index in [-0.39, 0.29) is 6.79 Å². The molecule has 1 aromatic rings. The van der Waals surface area contributed by atoms with E-state index >= 15 is 0 Å². The van der Waals surface area contributed by atoms with Crippen molar-refractivity contribution in [3.05, 3.63) is 23.8 Å². The normalized spacial score (nSPS) is 13.1. The molecule has 21 heavy (non-hydrogen) atoms. The fourth-order valence-electron chi connectivity index (χ4n) is 2.09. The number of hydrogen-bond donors (Lipinski definition) is 1. The molecule has 1 aromatic carbocycles. The average Bonchev–Trinajstić information content (AvgIpc) is 2.92. The molecule has 2 rings (SSSR count). The molecule has 1 N–H and O–H groups in total. The summed E-state index contributed by atoms with van der Waals surface area (Å²) in [5.74, 6) is 1.32. The first-order chi connectivity index (χ1) is 10.1. The SMILES string of the molecule is CCC(CC)COc1cc2c(cc1/C=C/C(=O)O)OCO2. The van der Waals surface area contributed by atoms with Crippen molar-refractivity contribution >= 4 is 12.0 Å². The van der Waals surface area contributed by atoms with Crippen LogP contribution in [0.25, 0.3) is 6.08 Å². The molecule has 0 bridgehead atoms. The van der Waals surface area contributed by atoms with Crippen LogP contribution < -0.4 is 14.2 Å². The van der Waals surface area contributed by atoms with E-state index in [4.69, 9.17) is 19.3 Å². The summed E-state index contributed by atoms with van der Waals surface area (Å²) in [5.41, 5.74) is 0.674. The van der Waals surface area contributed by atoms with Gasteiger partial charge in [-0.15, -0.1) is 0 Å². The van der Waals surface area contributed by atoms with Gasteiger partial charge in [0.1, 0.15) is 5.75 Å². The number of benzene rings is 1. The molecule has 0 saturated carbocycles. The van der Waals surface area contributed by atoms with Gasteiger partial charge in [-0.25, -0.2) is 4.79 Å². The number of aliphatic carboxylic acids is 1. The summed E-state index contributed by atoms with van der Waals surface area (Å²) in [5, 5.41) is 8.77. The number of fused-ring (bicyclic) bond motifs is 1. The van der Waals surface area contributed by atoms with Crippen molar-refractivity contribution in [2.45, 2.75) is 26.7 Å².